The Kier molecular flexibility index (Phi) is 3.87. The number of nitrogens with one attached hydrogen (secondary N) is 1. The highest BCUT2D eigenvalue weighted by Crippen LogP contribution is 2.25. The summed E-state index contributed by atoms with van der Waals surface area (Å²) in [5.74, 6) is 0. The largest absolute Gasteiger partial charge is 0.312 e. The molecule has 0 saturated carbocycles. The average molecular weight is 319 g/mol. The second-order valence-electron chi connectivity index (χ2n) is 4.15. The third-order valence-electron chi connectivity index (χ3n) is 2.79. The molecule has 0 radical (unpaired) electrons. The van der Waals surface area contributed by atoms with Crippen LogP contribution in [-0.4, -0.2) is 38.4 Å². The van der Waals surface area contributed by atoms with Gasteiger partial charge in [0.2, 0.25) is 10.0 Å². The Morgan fingerprint density at radius 2 is 2.12 bits per heavy atom. The summed E-state index contributed by atoms with van der Waals surface area (Å²) in [7, 11) is -3.38. The molecule has 1 N–H and O–H groups in total. The molecule has 1 atom stereocenters. The zero-order valence-corrected chi connectivity index (χ0v) is 12.0. The monoisotopic (exact) mass is 318 g/mol. The van der Waals surface area contributed by atoms with E-state index in [-0.39, 0.29) is 6.04 Å². The Hall–Kier alpha value is -0.430. The molecule has 0 spiro atoms. The van der Waals surface area contributed by atoms with Gasteiger partial charge in [0.15, 0.2) is 0 Å². The first-order valence-corrected chi connectivity index (χ1v) is 7.73. The van der Waals surface area contributed by atoms with Crippen molar-refractivity contribution >= 4 is 26.0 Å². The summed E-state index contributed by atoms with van der Waals surface area (Å²) in [5.41, 5.74) is 0. The SMILES string of the molecule is C[C@H]1CN(S(=O)(=O)c2ccccc2Br)CCN1. The van der Waals surface area contributed by atoms with Gasteiger partial charge in [0, 0.05) is 30.1 Å². The van der Waals surface area contributed by atoms with E-state index < -0.39 is 10.0 Å². The van der Waals surface area contributed by atoms with E-state index in [1.807, 2.05) is 13.0 Å². The first-order chi connectivity index (χ1) is 8.01. The molecule has 0 aromatic heterocycles. The van der Waals surface area contributed by atoms with Crippen LogP contribution in [0.2, 0.25) is 0 Å². The summed E-state index contributed by atoms with van der Waals surface area (Å²) in [5, 5.41) is 3.23. The van der Waals surface area contributed by atoms with Crippen LogP contribution in [0.25, 0.3) is 0 Å². The van der Waals surface area contributed by atoms with E-state index in [9.17, 15) is 8.42 Å². The van der Waals surface area contributed by atoms with Gasteiger partial charge in [-0.25, -0.2) is 8.42 Å². The number of halogens is 1. The summed E-state index contributed by atoms with van der Waals surface area (Å²) in [6, 6.07) is 7.12. The minimum Gasteiger partial charge on any atom is -0.312 e. The first kappa shape index (κ1) is 13.0. The Morgan fingerprint density at radius 1 is 1.41 bits per heavy atom. The van der Waals surface area contributed by atoms with E-state index >= 15 is 0 Å². The van der Waals surface area contributed by atoms with Gasteiger partial charge in [-0.1, -0.05) is 12.1 Å². The van der Waals surface area contributed by atoms with E-state index in [1.54, 1.807) is 18.2 Å². The van der Waals surface area contributed by atoms with E-state index in [4.69, 9.17) is 0 Å². The van der Waals surface area contributed by atoms with Gasteiger partial charge in [-0.2, -0.15) is 4.31 Å². The van der Waals surface area contributed by atoms with Crippen LogP contribution in [0.4, 0.5) is 0 Å². The molecule has 1 heterocycles. The van der Waals surface area contributed by atoms with Crippen molar-refractivity contribution in [3.63, 3.8) is 0 Å². The smallest absolute Gasteiger partial charge is 0.244 e. The van der Waals surface area contributed by atoms with Gasteiger partial charge in [-0.3, -0.25) is 0 Å². The zero-order chi connectivity index (χ0) is 12.5. The standard InChI is InChI=1S/C11H15BrN2O2S/c1-9-8-14(7-6-13-9)17(15,16)11-5-3-2-4-10(11)12/h2-5,9,13H,6-8H2,1H3/t9-/m0/s1. The Balaban J connectivity index is 2.33. The highest BCUT2D eigenvalue weighted by molar-refractivity contribution is 9.10. The third kappa shape index (κ3) is 2.70. The maximum absolute atomic E-state index is 12.4. The summed E-state index contributed by atoms with van der Waals surface area (Å²) < 4.78 is 27.0. The molecule has 4 nitrogen and oxygen atoms in total. The lowest BCUT2D eigenvalue weighted by Gasteiger charge is -2.31. The molecule has 1 fully saturated rings. The van der Waals surface area contributed by atoms with Gasteiger partial charge >= 0.3 is 0 Å². The van der Waals surface area contributed by atoms with Crippen molar-refractivity contribution in [2.45, 2.75) is 17.9 Å². The molecule has 0 bridgehead atoms. The molecular formula is C11H15BrN2O2S. The molecule has 2 rings (SSSR count). The number of sulfonamides is 1. The molecule has 0 amide bonds. The predicted octanol–water partition coefficient (Wildman–Crippen LogP) is 1.43. The minimum atomic E-state index is -3.38. The lowest BCUT2D eigenvalue weighted by molar-refractivity contribution is 0.310. The second-order valence-corrected chi connectivity index (χ2v) is 6.91. The second kappa shape index (κ2) is 5.06. The van der Waals surface area contributed by atoms with Gasteiger partial charge in [0.25, 0.3) is 0 Å². The van der Waals surface area contributed by atoms with Crippen LogP contribution in [0.1, 0.15) is 6.92 Å². The van der Waals surface area contributed by atoms with Crippen LogP contribution in [0.15, 0.2) is 33.6 Å². The number of piperazine rings is 1. The quantitative estimate of drug-likeness (QED) is 0.897. The third-order valence-corrected chi connectivity index (χ3v) is 5.66. The summed E-state index contributed by atoms with van der Waals surface area (Å²) >= 11 is 3.29. The molecule has 94 valence electrons. The van der Waals surface area contributed by atoms with Crippen molar-refractivity contribution in [2.75, 3.05) is 19.6 Å². The van der Waals surface area contributed by atoms with Gasteiger partial charge in [-0.15, -0.1) is 0 Å². The van der Waals surface area contributed by atoms with E-state index in [0.717, 1.165) is 0 Å². The maximum Gasteiger partial charge on any atom is 0.244 e. The van der Waals surface area contributed by atoms with Crippen molar-refractivity contribution in [2.24, 2.45) is 0 Å². The molecule has 17 heavy (non-hydrogen) atoms. The van der Waals surface area contributed by atoms with E-state index in [2.05, 4.69) is 21.2 Å². The molecule has 1 aliphatic rings. The maximum atomic E-state index is 12.4. The topological polar surface area (TPSA) is 49.4 Å². The summed E-state index contributed by atoms with van der Waals surface area (Å²) in [4.78, 5) is 0.342. The van der Waals surface area contributed by atoms with Crippen molar-refractivity contribution in [3.05, 3.63) is 28.7 Å². The molecule has 0 unspecified atom stereocenters. The minimum absolute atomic E-state index is 0.195. The van der Waals surface area contributed by atoms with E-state index in [1.165, 1.54) is 4.31 Å². The molecule has 1 aromatic rings. The van der Waals surface area contributed by atoms with E-state index in [0.29, 0.717) is 29.0 Å². The molecule has 1 aromatic carbocycles. The van der Waals surface area contributed by atoms with Crippen LogP contribution < -0.4 is 5.32 Å². The van der Waals surface area contributed by atoms with Gasteiger partial charge in [0.05, 0.1) is 4.90 Å². The molecule has 6 heteroatoms. The summed E-state index contributed by atoms with van der Waals surface area (Å²) in [6.45, 7) is 3.73. The number of hydrogen-bond donors (Lipinski definition) is 1. The van der Waals surface area contributed by atoms with Crippen LogP contribution in [0.5, 0.6) is 0 Å². The highest BCUT2D eigenvalue weighted by Gasteiger charge is 2.29. The van der Waals surface area contributed by atoms with Crippen LogP contribution in [-0.2, 0) is 10.0 Å². The number of hydrogen-bond acceptors (Lipinski definition) is 3. The molecule has 0 aliphatic carbocycles. The van der Waals surface area contributed by atoms with Crippen molar-refractivity contribution in [3.8, 4) is 0 Å². The summed E-state index contributed by atoms with van der Waals surface area (Å²) in [6.07, 6.45) is 0. The van der Waals surface area contributed by atoms with Crippen LogP contribution in [0, 0.1) is 0 Å². The number of rotatable bonds is 2. The lowest BCUT2D eigenvalue weighted by atomic mass is 10.3. The Bertz CT molecular complexity index is 504. The average Bonchev–Trinajstić information content (AvgIpc) is 2.29. The Morgan fingerprint density at radius 3 is 2.76 bits per heavy atom. The molecule has 1 saturated heterocycles. The molecule has 1 aliphatic heterocycles. The predicted molar refractivity (Wildman–Crippen MR) is 70.4 cm³/mol. The van der Waals surface area contributed by atoms with Crippen molar-refractivity contribution < 1.29 is 8.42 Å². The fourth-order valence-corrected chi connectivity index (χ4v) is 4.40. The van der Waals surface area contributed by atoms with Crippen molar-refractivity contribution in [1.29, 1.82) is 0 Å². The fourth-order valence-electron chi connectivity index (χ4n) is 1.91. The normalized spacial score (nSPS) is 22.6. The number of benzene rings is 1. The fraction of sp³-hybridized carbons (Fsp3) is 0.455. The van der Waals surface area contributed by atoms with Gasteiger partial charge in [0.1, 0.15) is 0 Å². The lowest BCUT2D eigenvalue weighted by Crippen LogP contribution is -2.51. The van der Waals surface area contributed by atoms with Crippen LogP contribution >= 0.6 is 15.9 Å². The van der Waals surface area contributed by atoms with Crippen molar-refractivity contribution in [1.82, 2.24) is 9.62 Å². The highest BCUT2D eigenvalue weighted by atomic mass is 79.9. The number of nitrogens with zero attached hydrogens (tertiary/aromatic N) is 1. The first-order valence-electron chi connectivity index (χ1n) is 5.50. The Labute approximate surface area is 110 Å². The van der Waals surface area contributed by atoms with Gasteiger partial charge < -0.3 is 5.32 Å². The molecular weight excluding hydrogens is 304 g/mol. The van der Waals surface area contributed by atoms with Crippen LogP contribution in [0.3, 0.4) is 0 Å². The van der Waals surface area contributed by atoms with Gasteiger partial charge in [-0.05, 0) is 35.0 Å². The zero-order valence-electron chi connectivity index (χ0n) is 9.56.